The van der Waals surface area contributed by atoms with Crippen molar-refractivity contribution in [1.29, 1.82) is 0 Å². The Labute approximate surface area is 200 Å². The number of ether oxygens (including phenoxy) is 1. The second-order valence-electron chi connectivity index (χ2n) is 8.50. The molecule has 2 aromatic carbocycles. The largest absolute Gasteiger partial charge is 0.480 e. The number of nitrogens with zero attached hydrogens (tertiary/aromatic N) is 1. The van der Waals surface area contributed by atoms with Gasteiger partial charge in [-0.15, -0.1) is 0 Å². The van der Waals surface area contributed by atoms with Crippen molar-refractivity contribution in [2.24, 2.45) is 0 Å². The molecule has 0 aromatic heterocycles. The van der Waals surface area contributed by atoms with Crippen molar-refractivity contribution < 1.29 is 37.4 Å². The number of aliphatic carboxylic acids is 1. The fourth-order valence-corrected chi connectivity index (χ4v) is 4.05. The van der Waals surface area contributed by atoms with Gasteiger partial charge in [0.1, 0.15) is 18.7 Å². The molecule has 0 radical (unpaired) electrons. The van der Waals surface area contributed by atoms with Crippen LogP contribution in [-0.2, 0) is 14.3 Å². The first kappa shape index (κ1) is 26.0. The van der Waals surface area contributed by atoms with Crippen molar-refractivity contribution in [1.82, 2.24) is 15.5 Å². The van der Waals surface area contributed by atoms with E-state index in [-0.39, 0.29) is 19.1 Å². The van der Waals surface area contributed by atoms with Gasteiger partial charge in [-0.2, -0.15) is 13.2 Å². The minimum absolute atomic E-state index is 0.0258. The summed E-state index contributed by atoms with van der Waals surface area (Å²) in [5.41, 5.74) is 4.04. The maximum atomic E-state index is 12.7. The number of hydrogen-bond donors (Lipinski definition) is 3. The summed E-state index contributed by atoms with van der Waals surface area (Å²) in [6.45, 7) is -0.115. The fourth-order valence-electron chi connectivity index (χ4n) is 4.05. The van der Waals surface area contributed by atoms with Gasteiger partial charge in [-0.25, -0.2) is 9.59 Å². The Morgan fingerprint density at radius 3 is 2.00 bits per heavy atom. The van der Waals surface area contributed by atoms with Gasteiger partial charge in [0.2, 0.25) is 5.91 Å². The number of benzene rings is 2. The highest BCUT2D eigenvalue weighted by Gasteiger charge is 2.37. The summed E-state index contributed by atoms with van der Waals surface area (Å²) in [5.74, 6) is -3.12. The monoisotopic (exact) mass is 493 g/mol. The summed E-state index contributed by atoms with van der Waals surface area (Å²) in [5, 5.41) is 13.2. The number of nitrogens with one attached hydrogen (secondary N) is 2. The molecule has 0 heterocycles. The van der Waals surface area contributed by atoms with E-state index < -0.39 is 42.7 Å². The molecule has 0 saturated heterocycles. The van der Waals surface area contributed by atoms with E-state index in [9.17, 15) is 27.6 Å². The zero-order chi connectivity index (χ0) is 25.8. The van der Waals surface area contributed by atoms with Crippen molar-refractivity contribution >= 4 is 18.0 Å². The molecule has 0 saturated carbocycles. The average molecular weight is 493 g/mol. The molecule has 3 N–H and O–H groups in total. The van der Waals surface area contributed by atoms with Gasteiger partial charge in [0.05, 0.1) is 6.42 Å². The van der Waals surface area contributed by atoms with Gasteiger partial charge in [0.25, 0.3) is 0 Å². The van der Waals surface area contributed by atoms with Crippen molar-refractivity contribution in [3.63, 3.8) is 0 Å². The minimum Gasteiger partial charge on any atom is -0.480 e. The third kappa shape index (κ3) is 6.72. The van der Waals surface area contributed by atoms with Gasteiger partial charge >= 0.3 is 18.2 Å². The molecular formula is C24H26F3N3O5. The van der Waals surface area contributed by atoms with Crippen LogP contribution in [0.1, 0.15) is 23.5 Å². The fraction of sp³-hybridized carbons (Fsp3) is 0.375. The van der Waals surface area contributed by atoms with Gasteiger partial charge in [0, 0.05) is 12.5 Å². The van der Waals surface area contributed by atoms with E-state index in [0.717, 1.165) is 22.3 Å². The van der Waals surface area contributed by atoms with Crippen LogP contribution in [0.25, 0.3) is 11.1 Å². The molecule has 188 valence electrons. The Morgan fingerprint density at radius 2 is 1.51 bits per heavy atom. The van der Waals surface area contributed by atoms with E-state index in [1.165, 1.54) is 4.90 Å². The highest BCUT2D eigenvalue weighted by atomic mass is 19.4. The Morgan fingerprint density at radius 1 is 0.971 bits per heavy atom. The van der Waals surface area contributed by atoms with Crippen LogP contribution in [0, 0.1) is 0 Å². The molecule has 0 aliphatic heterocycles. The van der Waals surface area contributed by atoms with E-state index in [1.807, 2.05) is 53.8 Å². The second-order valence-corrected chi connectivity index (χ2v) is 8.50. The van der Waals surface area contributed by atoms with Gasteiger partial charge in [0.15, 0.2) is 0 Å². The molecule has 1 aliphatic carbocycles. The first-order valence-electron chi connectivity index (χ1n) is 10.8. The van der Waals surface area contributed by atoms with E-state index in [4.69, 9.17) is 9.84 Å². The van der Waals surface area contributed by atoms with Gasteiger partial charge in [-0.3, -0.25) is 4.79 Å². The van der Waals surface area contributed by atoms with E-state index >= 15 is 0 Å². The topological polar surface area (TPSA) is 108 Å². The summed E-state index contributed by atoms with van der Waals surface area (Å²) < 4.78 is 43.4. The van der Waals surface area contributed by atoms with E-state index in [0.29, 0.717) is 0 Å². The molecule has 2 aromatic rings. The lowest BCUT2D eigenvalue weighted by atomic mass is 9.98. The third-order valence-corrected chi connectivity index (χ3v) is 5.55. The predicted octanol–water partition coefficient (Wildman–Crippen LogP) is 2.98. The molecule has 3 rings (SSSR count). The number of carbonyl (C=O) groups excluding carboxylic acids is 2. The average Bonchev–Trinajstić information content (AvgIpc) is 3.09. The smallest absolute Gasteiger partial charge is 0.407 e. The van der Waals surface area contributed by atoms with Gasteiger partial charge in [-0.05, 0) is 36.3 Å². The number of carboxylic acids is 1. The van der Waals surface area contributed by atoms with Crippen molar-refractivity contribution in [3.8, 4) is 11.1 Å². The number of rotatable bonds is 9. The van der Waals surface area contributed by atoms with Crippen LogP contribution in [0.5, 0.6) is 0 Å². The lowest BCUT2D eigenvalue weighted by molar-refractivity contribution is -0.160. The van der Waals surface area contributed by atoms with Gasteiger partial charge < -0.3 is 25.4 Å². The number of alkyl halides is 3. The zero-order valence-corrected chi connectivity index (χ0v) is 19.1. The molecule has 35 heavy (non-hydrogen) atoms. The van der Waals surface area contributed by atoms with Gasteiger partial charge in [-0.1, -0.05) is 48.5 Å². The zero-order valence-electron chi connectivity index (χ0n) is 19.1. The number of carbonyl (C=O) groups is 3. The van der Waals surface area contributed by atoms with Crippen LogP contribution in [0.15, 0.2) is 48.5 Å². The van der Waals surface area contributed by atoms with Crippen LogP contribution in [0.4, 0.5) is 18.0 Å². The van der Waals surface area contributed by atoms with Crippen LogP contribution < -0.4 is 10.6 Å². The van der Waals surface area contributed by atoms with Crippen LogP contribution in [0.3, 0.4) is 0 Å². The van der Waals surface area contributed by atoms with Crippen LogP contribution in [-0.4, -0.2) is 73.5 Å². The number of carboxylic acid groups (broad SMARTS) is 1. The molecule has 11 heteroatoms. The SMILES string of the molecule is CN(C)CC(NC(=O)OCC1c2ccccc2-c2ccccc21)C(=O)NC(CC(F)(F)F)C(=O)O. The maximum absolute atomic E-state index is 12.7. The molecule has 2 atom stereocenters. The second kappa shape index (κ2) is 10.8. The number of likely N-dealkylation sites (N-methyl/N-ethyl adjacent to an activating group) is 1. The number of alkyl carbamates (subject to hydrolysis) is 1. The van der Waals surface area contributed by atoms with Crippen molar-refractivity contribution in [2.45, 2.75) is 30.6 Å². The molecule has 0 fully saturated rings. The Balaban J connectivity index is 1.67. The summed E-state index contributed by atoms with van der Waals surface area (Å²) >= 11 is 0. The highest BCUT2D eigenvalue weighted by molar-refractivity contribution is 5.89. The summed E-state index contributed by atoms with van der Waals surface area (Å²) in [7, 11) is 3.17. The van der Waals surface area contributed by atoms with E-state index in [2.05, 4.69) is 5.32 Å². The molecular weight excluding hydrogens is 467 g/mol. The highest BCUT2D eigenvalue weighted by Crippen LogP contribution is 2.44. The Hall–Kier alpha value is -3.60. The number of fused-ring (bicyclic) bond motifs is 3. The standard InChI is InChI=1S/C24H26F3N3O5/c1-30(2)12-20(21(31)28-19(22(32)33)11-24(25,26)27)29-23(34)35-13-18-16-9-5-3-7-14(16)15-8-4-6-10-17(15)18/h3-10,18-20H,11-13H2,1-2H3,(H,28,31)(H,29,34)(H,32,33). The van der Waals surface area contributed by atoms with Crippen LogP contribution in [0.2, 0.25) is 0 Å². The first-order valence-corrected chi connectivity index (χ1v) is 10.8. The normalized spacial score (nSPS) is 14.6. The molecule has 2 amide bonds. The molecule has 2 unspecified atom stereocenters. The Bertz CT molecular complexity index is 1040. The quantitative estimate of drug-likeness (QED) is 0.496. The summed E-state index contributed by atoms with van der Waals surface area (Å²) in [4.78, 5) is 37.8. The maximum Gasteiger partial charge on any atom is 0.407 e. The van der Waals surface area contributed by atoms with E-state index in [1.54, 1.807) is 14.1 Å². The molecule has 8 nitrogen and oxygen atoms in total. The number of halogens is 3. The number of hydrogen-bond acceptors (Lipinski definition) is 5. The minimum atomic E-state index is -4.80. The lowest BCUT2D eigenvalue weighted by Crippen LogP contribution is -2.55. The number of amides is 2. The summed E-state index contributed by atoms with van der Waals surface area (Å²) in [6, 6.07) is 11.9. The molecule has 1 aliphatic rings. The first-order chi connectivity index (χ1) is 16.5. The van der Waals surface area contributed by atoms with Crippen molar-refractivity contribution in [2.75, 3.05) is 27.2 Å². The Kier molecular flexibility index (Phi) is 8.00. The summed E-state index contributed by atoms with van der Waals surface area (Å²) in [6.07, 6.45) is -7.49. The van der Waals surface area contributed by atoms with Crippen LogP contribution >= 0.6 is 0 Å². The third-order valence-electron chi connectivity index (χ3n) is 5.55. The predicted molar refractivity (Wildman–Crippen MR) is 121 cm³/mol. The molecule has 0 spiro atoms. The molecule has 0 bridgehead atoms. The lowest BCUT2D eigenvalue weighted by Gasteiger charge is -2.24. The van der Waals surface area contributed by atoms with Crippen molar-refractivity contribution in [3.05, 3.63) is 59.7 Å².